The summed E-state index contributed by atoms with van der Waals surface area (Å²) in [4.78, 5) is 13.7. The Kier molecular flexibility index (Phi) is 3.20. The van der Waals surface area contributed by atoms with E-state index in [2.05, 4.69) is 39.0 Å². The van der Waals surface area contributed by atoms with Gasteiger partial charge in [-0.15, -0.1) is 0 Å². The van der Waals surface area contributed by atoms with Crippen molar-refractivity contribution < 1.29 is 4.74 Å². The van der Waals surface area contributed by atoms with E-state index in [-0.39, 0.29) is 0 Å². The minimum Gasteiger partial charge on any atom is -0.378 e. The van der Waals surface area contributed by atoms with Gasteiger partial charge in [0.2, 0.25) is 5.95 Å². The minimum atomic E-state index is 0.770. The van der Waals surface area contributed by atoms with Crippen molar-refractivity contribution in [2.45, 2.75) is 6.42 Å². The highest BCUT2D eigenvalue weighted by molar-refractivity contribution is 5.66. The average molecular weight is 282 g/mol. The third-order valence-electron chi connectivity index (χ3n) is 4.09. The van der Waals surface area contributed by atoms with Crippen LogP contribution in [0.25, 0.3) is 0 Å². The predicted molar refractivity (Wildman–Crippen MR) is 82.2 cm³/mol. The summed E-state index contributed by atoms with van der Waals surface area (Å²) in [6.07, 6.45) is 2.91. The summed E-state index contributed by atoms with van der Waals surface area (Å²) < 4.78 is 5.40. The summed E-state index contributed by atoms with van der Waals surface area (Å²) in [5.41, 5.74) is 2.61. The van der Waals surface area contributed by atoms with Crippen LogP contribution in [0.3, 0.4) is 0 Å². The van der Waals surface area contributed by atoms with Crippen molar-refractivity contribution in [2.24, 2.45) is 0 Å². The Labute approximate surface area is 124 Å². The number of benzene rings is 1. The van der Waals surface area contributed by atoms with Gasteiger partial charge < -0.3 is 14.5 Å². The first-order valence-corrected chi connectivity index (χ1v) is 7.43. The molecule has 0 spiro atoms. The molecule has 21 heavy (non-hydrogen) atoms. The molecule has 4 rings (SSSR count). The van der Waals surface area contributed by atoms with Crippen molar-refractivity contribution in [2.75, 3.05) is 42.6 Å². The molecule has 1 aromatic carbocycles. The molecule has 0 N–H and O–H groups in total. The van der Waals surface area contributed by atoms with E-state index < -0.39 is 0 Å². The number of aromatic nitrogens is 2. The third kappa shape index (κ3) is 2.34. The Balaban J connectivity index is 1.64. The lowest BCUT2D eigenvalue weighted by atomic mass is 10.2. The number of nitrogens with zero attached hydrogens (tertiary/aromatic N) is 4. The summed E-state index contributed by atoms with van der Waals surface area (Å²) in [6, 6.07) is 10.5. The second-order valence-corrected chi connectivity index (χ2v) is 5.34. The maximum absolute atomic E-state index is 5.40. The van der Waals surface area contributed by atoms with E-state index >= 15 is 0 Å². The van der Waals surface area contributed by atoms with E-state index in [4.69, 9.17) is 9.72 Å². The number of morpholine rings is 1. The van der Waals surface area contributed by atoms with Crippen molar-refractivity contribution in [1.82, 2.24) is 9.97 Å². The van der Waals surface area contributed by atoms with Crippen LogP contribution in [0, 0.1) is 0 Å². The summed E-state index contributed by atoms with van der Waals surface area (Å²) >= 11 is 0. The van der Waals surface area contributed by atoms with Gasteiger partial charge in [0, 0.05) is 31.5 Å². The monoisotopic (exact) mass is 282 g/mol. The van der Waals surface area contributed by atoms with E-state index in [9.17, 15) is 0 Å². The van der Waals surface area contributed by atoms with Gasteiger partial charge in [-0.1, -0.05) is 18.2 Å². The van der Waals surface area contributed by atoms with E-state index in [1.165, 1.54) is 11.3 Å². The first-order chi connectivity index (χ1) is 10.4. The van der Waals surface area contributed by atoms with Crippen LogP contribution < -0.4 is 9.80 Å². The summed E-state index contributed by atoms with van der Waals surface area (Å²) in [5, 5.41) is 0. The smallest absolute Gasteiger partial charge is 0.231 e. The zero-order valence-electron chi connectivity index (χ0n) is 11.9. The summed E-state index contributed by atoms with van der Waals surface area (Å²) in [6.45, 7) is 4.28. The van der Waals surface area contributed by atoms with Gasteiger partial charge in [-0.2, -0.15) is 4.98 Å². The van der Waals surface area contributed by atoms with Crippen LogP contribution in [-0.2, 0) is 11.2 Å². The van der Waals surface area contributed by atoms with Crippen molar-refractivity contribution in [3.8, 4) is 0 Å². The average Bonchev–Trinajstić information content (AvgIpc) is 3.00. The number of para-hydroxylation sites is 1. The normalized spacial score (nSPS) is 17.9. The largest absolute Gasteiger partial charge is 0.378 e. The standard InChI is InChI=1S/C16H18N4O/c1-2-4-14-13(3-1)6-8-20(14)16-17-7-5-15(18-16)19-9-11-21-12-10-19/h1-5,7H,6,8-12H2. The molecule has 0 bridgehead atoms. The lowest BCUT2D eigenvalue weighted by molar-refractivity contribution is 0.122. The van der Waals surface area contributed by atoms with Gasteiger partial charge in [0.1, 0.15) is 5.82 Å². The molecule has 0 unspecified atom stereocenters. The quantitative estimate of drug-likeness (QED) is 0.843. The molecule has 0 saturated carbocycles. The number of rotatable bonds is 2. The van der Waals surface area contributed by atoms with Crippen LogP contribution in [0.1, 0.15) is 5.56 Å². The molecule has 1 aromatic heterocycles. The van der Waals surface area contributed by atoms with Gasteiger partial charge in [0.15, 0.2) is 0 Å². The van der Waals surface area contributed by atoms with Crippen LogP contribution in [0.4, 0.5) is 17.5 Å². The Morgan fingerprint density at radius 1 is 1.00 bits per heavy atom. The number of hydrogen-bond donors (Lipinski definition) is 0. The molecule has 108 valence electrons. The Morgan fingerprint density at radius 3 is 2.76 bits per heavy atom. The zero-order chi connectivity index (χ0) is 14.1. The predicted octanol–water partition coefficient (Wildman–Crippen LogP) is 2.01. The molecule has 3 heterocycles. The van der Waals surface area contributed by atoms with Gasteiger partial charge in [0.25, 0.3) is 0 Å². The van der Waals surface area contributed by atoms with E-state index in [0.29, 0.717) is 0 Å². The fourth-order valence-electron chi connectivity index (χ4n) is 2.98. The van der Waals surface area contributed by atoms with E-state index in [0.717, 1.165) is 51.0 Å². The van der Waals surface area contributed by atoms with Gasteiger partial charge >= 0.3 is 0 Å². The maximum Gasteiger partial charge on any atom is 0.231 e. The number of hydrogen-bond acceptors (Lipinski definition) is 5. The highest BCUT2D eigenvalue weighted by Gasteiger charge is 2.22. The van der Waals surface area contributed by atoms with Crippen molar-refractivity contribution >= 4 is 17.5 Å². The molecule has 1 saturated heterocycles. The summed E-state index contributed by atoms with van der Waals surface area (Å²) in [5.74, 6) is 1.79. The molecule has 0 amide bonds. The highest BCUT2D eigenvalue weighted by Crippen LogP contribution is 2.32. The van der Waals surface area contributed by atoms with Gasteiger partial charge in [-0.3, -0.25) is 0 Å². The number of anilines is 3. The van der Waals surface area contributed by atoms with Crippen molar-refractivity contribution in [1.29, 1.82) is 0 Å². The molecule has 0 atom stereocenters. The second kappa shape index (κ2) is 5.33. The Morgan fingerprint density at radius 2 is 1.86 bits per heavy atom. The molecule has 2 aromatic rings. The number of ether oxygens (including phenoxy) is 1. The first kappa shape index (κ1) is 12.6. The van der Waals surface area contributed by atoms with Gasteiger partial charge in [-0.25, -0.2) is 4.98 Å². The molecular weight excluding hydrogens is 264 g/mol. The molecule has 1 fully saturated rings. The molecule has 0 aliphatic carbocycles. The first-order valence-electron chi connectivity index (χ1n) is 7.43. The SMILES string of the molecule is c1ccc2c(c1)CCN2c1nccc(N2CCOCC2)n1. The lowest BCUT2D eigenvalue weighted by Gasteiger charge is -2.28. The van der Waals surface area contributed by atoms with Gasteiger partial charge in [-0.05, 0) is 24.1 Å². The van der Waals surface area contributed by atoms with Crippen LogP contribution in [0.5, 0.6) is 0 Å². The van der Waals surface area contributed by atoms with Crippen LogP contribution in [-0.4, -0.2) is 42.8 Å². The van der Waals surface area contributed by atoms with Crippen LogP contribution in [0.15, 0.2) is 36.5 Å². The fourth-order valence-corrected chi connectivity index (χ4v) is 2.98. The lowest BCUT2D eigenvalue weighted by Crippen LogP contribution is -2.37. The Bertz CT molecular complexity index is 640. The molecule has 5 nitrogen and oxygen atoms in total. The fraction of sp³-hybridized carbons (Fsp3) is 0.375. The molecule has 2 aliphatic heterocycles. The van der Waals surface area contributed by atoms with Crippen molar-refractivity contribution in [3.05, 3.63) is 42.1 Å². The van der Waals surface area contributed by atoms with Crippen LogP contribution >= 0.6 is 0 Å². The molecular formula is C16H18N4O. The van der Waals surface area contributed by atoms with Gasteiger partial charge in [0.05, 0.1) is 13.2 Å². The van der Waals surface area contributed by atoms with Crippen molar-refractivity contribution in [3.63, 3.8) is 0 Å². The van der Waals surface area contributed by atoms with E-state index in [1.807, 2.05) is 12.3 Å². The molecule has 0 radical (unpaired) electrons. The second-order valence-electron chi connectivity index (χ2n) is 5.34. The third-order valence-corrected chi connectivity index (χ3v) is 4.09. The zero-order valence-corrected chi connectivity index (χ0v) is 11.9. The molecule has 2 aliphatic rings. The number of fused-ring (bicyclic) bond motifs is 1. The van der Waals surface area contributed by atoms with Crippen LogP contribution in [0.2, 0.25) is 0 Å². The summed E-state index contributed by atoms with van der Waals surface area (Å²) in [7, 11) is 0. The molecule has 5 heteroatoms. The maximum atomic E-state index is 5.40. The topological polar surface area (TPSA) is 41.5 Å². The minimum absolute atomic E-state index is 0.770. The Hall–Kier alpha value is -2.14. The van der Waals surface area contributed by atoms with E-state index in [1.54, 1.807) is 0 Å². The highest BCUT2D eigenvalue weighted by atomic mass is 16.5.